The summed E-state index contributed by atoms with van der Waals surface area (Å²) in [6.45, 7) is 5.36. The van der Waals surface area contributed by atoms with Crippen molar-refractivity contribution in [2.75, 3.05) is 25.1 Å². The molecule has 0 spiro atoms. The number of amides is 1. The van der Waals surface area contributed by atoms with Gasteiger partial charge in [-0.1, -0.05) is 43.3 Å². The summed E-state index contributed by atoms with van der Waals surface area (Å²) in [4.78, 5) is 13.3. The number of hydrogen-bond donors (Lipinski definition) is 1. The van der Waals surface area contributed by atoms with E-state index in [1.165, 1.54) is 19.2 Å². The summed E-state index contributed by atoms with van der Waals surface area (Å²) in [5, 5.41) is 3.00. The van der Waals surface area contributed by atoms with Crippen LogP contribution in [0.4, 0.5) is 5.69 Å². The maximum atomic E-state index is 13.7. The van der Waals surface area contributed by atoms with Gasteiger partial charge < -0.3 is 14.8 Å². The van der Waals surface area contributed by atoms with Gasteiger partial charge in [-0.05, 0) is 67.3 Å². The van der Waals surface area contributed by atoms with Gasteiger partial charge in [-0.15, -0.1) is 0 Å². The van der Waals surface area contributed by atoms with Crippen molar-refractivity contribution in [1.82, 2.24) is 5.32 Å². The summed E-state index contributed by atoms with van der Waals surface area (Å²) < 4.78 is 39.2. The number of anilines is 1. The van der Waals surface area contributed by atoms with Gasteiger partial charge in [0.15, 0.2) is 0 Å². The lowest BCUT2D eigenvalue weighted by Gasteiger charge is -2.27. The van der Waals surface area contributed by atoms with E-state index in [1.807, 2.05) is 45.0 Å². The smallest absolute Gasteiger partial charge is 0.264 e. The van der Waals surface area contributed by atoms with E-state index in [2.05, 4.69) is 5.32 Å². The Balaban J connectivity index is 1.96. The Morgan fingerprint density at radius 1 is 0.943 bits per heavy atom. The molecule has 0 aliphatic rings. The van der Waals surface area contributed by atoms with Crippen LogP contribution in [0.3, 0.4) is 0 Å². The van der Waals surface area contributed by atoms with E-state index >= 15 is 0 Å². The van der Waals surface area contributed by atoms with E-state index in [1.54, 1.807) is 37.4 Å². The molecule has 0 aromatic heterocycles. The van der Waals surface area contributed by atoms with Crippen molar-refractivity contribution in [3.8, 4) is 11.5 Å². The number of benzene rings is 3. The van der Waals surface area contributed by atoms with Crippen LogP contribution in [-0.2, 0) is 14.8 Å². The van der Waals surface area contributed by atoms with Crippen LogP contribution in [0.5, 0.6) is 11.5 Å². The van der Waals surface area contributed by atoms with Gasteiger partial charge >= 0.3 is 0 Å². The third-order valence-corrected chi connectivity index (χ3v) is 7.56. The van der Waals surface area contributed by atoms with E-state index in [4.69, 9.17) is 9.47 Å². The molecule has 0 aliphatic carbocycles. The molecule has 1 N–H and O–H groups in total. The molecule has 7 nitrogen and oxygen atoms in total. The van der Waals surface area contributed by atoms with Crippen LogP contribution in [0, 0.1) is 13.8 Å². The first-order valence-electron chi connectivity index (χ1n) is 11.4. The number of sulfonamides is 1. The normalized spacial score (nSPS) is 12.0. The molecule has 0 heterocycles. The Morgan fingerprint density at radius 2 is 1.60 bits per heavy atom. The number of nitrogens with zero attached hydrogens (tertiary/aromatic N) is 1. The molecule has 3 aromatic rings. The number of hydrogen-bond acceptors (Lipinski definition) is 5. The van der Waals surface area contributed by atoms with E-state index < -0.39 is 22.5 Å². The molecule has 0 radical (unpaired) electrons. The van der Waals surface area contributed by atoms with Gasteiger partial charge in [0.05, 0.1) is 30.8 Å². The molecule has 0 aliphatic heterocycles. The predicted molar refractivity (Wildman–Crippen MR) is 138 cm³/mol. The van der Waals surface area contributed by atoms with Crippen LogP contribution in [0.2, 0.25) is 0 Å². The zero-order chi connectivity index (χ0) is 25.6. The van der Waals surface area contributed by atoms with Crippen molar-refractivity contribution < 1.29 is 22.7 Å². The van der Waals surface area contributed by atoms with Crippen molar-refractivity contribution in [2.24, 2.45) is 0 Å². The number of carbonyl (C=O) groups is 1. The zero-order valence-electron chi connectivity index (χ0n) is 20.7. The first-order valence-corrected chi connectivity index (χ1v) is 12.8. The Morgan fingerprint density at radius 3 is 2.20 bits per heavy atom. The summed E-state index contributed by atoms with van der Waals surface area (Å²) in [7, 11) is -0.959. The highest BCUT2D eigenvalue weighted by Crippen LogP contribution is 2.33. The minimum atomic E-state index is -4.05. The standard InChI is InChI=1S/C27H32N2O5S/c1-6-23(21-13-15-25(33-4)20(3)17-21)28-27(30)18-29(24-16-19(2)12-14-26(24)34-5)35(31,32)22-10-8-7-9-11-22/h7-17,23H,6,18H2,1-5H3,(H,28,30)/t23-/m1/s1. The predicted octanol–water partition coefficient (Wildman–Crippen LogP) is 4.78. The summed E-state index contributed by atoms with van der Waals surface area (Å²) in [5.41, 5.74) is 3.02. The Labute approximate surface area is 207 Å². The zero-order valence-corrected chi connectivity index (χ0v) is 21.6. The third kappa shape index (κ3) is 5.95. The molecule has 35 heavy (non-hydrogen) atoms. The maximum Gasteiger partial charge on any atom is 0.264 e. The van der Waals surface area contributed by atoms with Crippen molar-refractivity contribution in [1.29, 1.82) is 0 Å². The van der Waals surface area contributed by atoms with E-state index in [0.29, 0.717) is 17.9 Å². The van der Waals surface area contributed by atoms with Crippen LogP contribution < -0.4 is 19.1 Å². The van der Waals surface area contributed by atoms with E-state index in [0.717, 1.165) is 26.7 Å². The molecule has 0 bridgehead atoms. The van der Waals surface area contributed by atoms with Crippen LogP contribution in [-0.4, -0.2) is 35.1 Å². The van der Waals surface area contributed by atoms with Gasteiger partial charge in [0, 0.05) is 0 Å². The minimum Gasteiger partial charge on any atom is -0.496 e. The number of ether oxygens (including phenoxy) is 2. The fraction of sp³-hybridized carbons (Fsp3) is 0.296. The average molecular weight is 497 g/mol. The molecular formula is C27H32N2O5S. The maximum absolute atomic E-state index is 13.7. The lowest BCUT2D eigenvalue weighted by Crippen LogP contribution is -2.42. The monoisotopic (exact) mass is 496 g/mol. The van der Waals surface area contributed by atoms with Gasteiger partial charge in [-0.3, -0.25) is 9.10 Å². The molecule has 0 unspecified atom stereocenters. The average Bonchev–Trinajstić information content (AvgIpc) is 2.86. The lowest BCUT2D eigenvalue weighted by molar-refractivity contribution is -0.120. The number of methoxy groups -OCH3 is 2. The quantitative estimate of drug-likeness (QED) is 0.437. The molecular weight excluding hydrogens is 464 g/mol. The Hall–Kier alpha value is -3.52. The van der Waals surface area contributed by atoms with Crippen molar-refractivity contribution in [2.45, 2.75) is 38.1 Å². The fourth-order valence-electron chi connectivity index (χ4n) is 3.92. The minimum absolute atomic E-state index is 0.0918. The van der Waals surface area contributed by atoms with E-state index in [-0.39, 0.29) is 10.9 Å². The van der Waals surface area contributed by atoms with Gasteiger partial charge in [0.1, 0.15) is 18.0 Å². The molecule has 0 saturated heterocycles. The van der Waals surface area contributed by atoms with Crippen LogP contribution in [0.15, 0.2) is 71.6 Å². The summed E-state index contributed by atoms with van der Waals surface area (Å²) in [6, 6.07) is 18.8. The molecule has 0 fully saturated rings. The van der Waals surface area contributed by atoms with Crippen LogP contribution in [0.25, 0.3) is 0 Å². The molecule has 0 saturated carbocycles. The highest BCUT2D eigenvalue weighted by Gasteiger charge is 2.30. The third-order valence-electron chi connectivity index (χ3n) is 5.79. The van der Waals surface area contributed by atoms with Crippen LogP contribution >= 0.6 is 0 Å². The van der Waals surface area contributed by atoms with Gasteiger partial charge in [-0.2, -0.15) is 0 Å². The highest BCUT2D eigenvalue weighted by atomic mass is 32.2. The molecule has 1 atom stereocenters. The molecule has 1 amide bonds. The summed E-state index contributed by atoms with van der Waals surface area (Å²) in [6.07, 6.45) is 0.636. The van der Waals surface area contributed by atoms with Gasteiger partial charge in [0.2, 0.25) is 5.91 Å². The van der Waals surface area contributed by atoms with Crippen LogP contribution in [0.1, 0.15) is 36.1 Å². The molecule has 8 heteroatoms. The number of carbonyl (C=O) groups excluding carboxylic acids is 1. The lowest BCUT2D eigenvalue weighted by atomic mass is 10.0. The van der Waals surface area contributed by atoms with E-state index in [9.17, 15) is 13.2 Å². The van der Waals surface area contributed by atoms with Crippen molar-refractivity contribution in [3.05, 3.63) is 83.4 Å². The Kier molecular flexibility index (Phi) is 8.40. The highest BCUT2D eigenvalue weighted by molar-refractivity contribution is 7.92. The SMILES string of the molecule is CC[C@@H](NC(=O)CN(c1cc(C)ccc1OC)S(=O)(=O)c1ccccc1)c1ccc(OC)c(C)c1. The number of aryl methyl sites for hydroxylation is 2. The Bertz CT molecular complexity index is 1280. The molecule has 3 rings (SSSR count). The number of rotatable bonds is 10. The van der Waals surface area contributed by atoms with Crippen molar-refractivity contribution in [3.63, 3.8) is 0 Å². The second-order valence-corrected chi connectivity index (χ2v) is 10.1. The fourth-order valence-corrected chi connectivity index (χ4v) is 5.37. The van der Waals surface area contributed by atoms with Gasteiger partial charge in [0.25, 0.3) is 10.0 Å². The van der Waals surface area contributed by atoms with Gasteiger partial charge in [-0.25, -0.2) is 8.42 Å². The number of nitrogens with one attached hydrogen (secondary N) is 1. The molecule has 3 aromatic carbocycles. The topological polar surface area (TPSA) is 84.9 Å². The largest absolute Gasteiger partial charge is 0.496 e. The first-order chi connectivity index (χ1) is 16.7. The second-order valence-electron chi connectivity index (χ2n) is 8.26. The summed E-state index contributed by atoms with van der Waals surface area (Å²) in [5.74, 6) is 0.704. The molecule has 186 valence electrons. The summed E-state index contributed by atoms with van der Waals surface area (Å²) >= 11 is 0. The first kappa shape index (κ1) is 26.1. The second kappa shape index (κ2) is 11.3. The van der Waals surface area contributed by atoms with Crippen molar-refractivity contribution >= 4 is 21.6 Å².